The van der Waals surface area contributed by atoms with E-state index < -0.39 is 18.0 Å². The van der Waals surface area contributed by atoms with Crippen LogP contribution in [0.4, 0.5) is 4.79 Å². The minimum absolute atomic E-state index is 0.159. The van der Waals surface area contributed by atoms with Gasteiger partial charge in [0, 0.05) is 18.2 Å². The van der Waals surface area contributed by atoms with E-state index in [0.29, 0.717) is 17.9 Å². The van der Waals surface area contributed by atoms with E-state index in [9.17, 15) is 14.7 Å². The summed E-state index contributed by atoms with van der Waals surface area (Å²) in [7, 11) is 3.09. The lowest BCUT2D eigenvalue weighted by Crippen LogP contribution is -2.48. The minimum atomic E-state index is -1.04. The summed E-state index contributed by atoms with van der Waals surface area (Å²) in [4.78, 5) is 23.1. The molecule has 0 aliphatic heterocycles. The number of aliphatic carboxylic acids is 1. The van der Waals surface area contributed by atoms with Gasteiger partial charge in [-0.25, -0.2) is 9.59 Å². The first-order valence-corrected chi connectivity index (χ1v) is 7.41. The Morgan fingerprint density at radius 2 is 1.96 bits per heavy atom. The number of hydrogen-bond donors (Lipinski definition) is 3. The van der Waals surface area contributed by atoms with E-state index in [4.69, 9.17) is 9.47 Å². The number of carbonyl (C=O) groups is 2. The third-order valence-corrected chi connectivity index (χ3v) is 3.70. The molecule has 0 saturated heterocycles. The van der Waals surface area contributed by atoms with E-state index in [1.165, 1.54) is 7.11 Å². The summed E-state index contributed by atoms with van der Waals surface area (Å²) in [5.74, 6) is 0.0319. The van der Waals surface area contributed by atoms with Crippen molar-refractivity contribution in [3.05, 3.63) is 23.8 Å². The van der Waals surface area contributed by atoms with Gasteiger partial charge in [-0.1, -0.05) is 20.3 Å². The maximum Gasteiger partial charge on any atom is 0.326 e. The summed E-state index contributed by atoms with van der Waals surface area (Å²) in [6, 6.07) is 3.81. The Kier molecular flexibility index (Phi) is 7.18. The molecule has 0 bridgehead atoms. The maximum absolute atomic E-state index is 11.9. The number of methoxy groups -OCH3 is 2. The van der Waals surface area contributed by atoms with Crippen LogP contribution < -0.4 is 20.1 Å². The Labute approximate surface area is 136 Å². The van der Waals surface area contributed by atoms with Crippen LogP contribution in [0.3, 0.4) is 0 Å². The summed E-state index contributed by atoms with van der Waals surface area (Å²) >= 11 is 0. The lowest BCUT2D eigenvalue weighted by Gasteiger charge is -2.20. The fourth-order valence-electron chi connectivity index (χ4n) is 2.05. The zero-order valence-corrected chi connectivity index (χ0v) is 13.9. The standard InChI is InChI=1S/C16H24N2O5/c1-5-10(2)14(15(19)20)18-16(21)17-9-11-6-7-12(22-3)8-13(11)23-4/h6-8,10,14H,5,9H2,1-4H3,(H,19,20)(H2,17,18,21)/t10-,14-/m1/s1. The molecule has 7 heteroatoms. The second-order valence-corrected chi connectivity index (χ2v) is 5.21. The van der Waals surface area contributed by atoms with Crippen LogP contribution in [0.1, 0.15) is 25.8 Å². The SMILES string of the molecule is CC[C@@H](C)[C@@H](NC(=O)NCc1ccc(OC)cc1OC)C(=O)O. The van der Waals surface area contributed by atoms with Crippen molar-refractivity contribution in [3.63, 3.8) is 0 Å². The fourth-order valence-corrected chi connectivity index (χ4v) is 2.05. The molecule has 0 saturated carbocycles. The Balaban J connectivity index is 2.67. The molecular weight excluding hydrogens is 300 g/mol. The molecule has 128 valence electrons. The predicted octanol–water partition coefficient (Wildman–Crippen LogP) is 2.00. The molecule has 0 aromatic heterocycles. The molecule has 23 heavy (non-hydrogen) atoms. The smallest absolute Gasteiger partial charge is 0.326 e. The second-order valence-electron chi connectivity index (χ2n) is 5.21. The molecule has 2 atom stereocenters. The Hall–Kier alpha value is -2.44. The Bertz CT molecular complexity index is 547. The third kappa shape index (κ3) is 5.36. The summed E-state index contributed by atoms with van der Waals surface area (Å²) in [6.07, 6.45) is 0.656. The van der Waals surface area contributed by atoms with Crippen molar-refractivity contribution in [1.82, 2.24) is 10.6 Å². The highest BCUT2D eigenvalue weighted by Gasteiger charge is 2.25. The van der Waals surface area contributed by atoms with Gasteiger partial charge >= 0.3 is 12.0 Å². The number of carbonyl (C=O) groups excluding carboxylic acids is 1. The first-order chi connectivity index (χ1) is 10.9. The number of hydrogen-bond acceptors (Lipinski definition) is 4. The van der Waals surface area contributed by atoms with E-state index in [1.54, 1.807) is 32.2 Å². The van der Waals surface area contributed by atoms with Gasteiger partial charge in [-0.3, -0.25) is 0 Å². The number of nitrogens with one attached hydrogen (secondary N) is 2. The molecule has 0 aliphatic carbocycles. The number of urea groups is 1. The van der Waals surface area contributed by atoms with Gasteiger partial charge in [-0.2, -0.15) is 0 Å². The van der Waals surface area contributed by atoms with Crippen LogP contribution in [-0.2, 0) is 11.3 Å². The lowest BCUT2D eigenvalue weighted by atomic mass is 9.99. The van der Waals surface area contributed by atoms with Gasteiger partial charge in [0.05, 0.1) is 14.2 Å². The highest BCUT2D eigenvalue weighted by Crippen LogP contribution is 2.24. The van der Waals surface area contributed by atoms with Crippen molar-refractivity contribution in [2.24, 2.45) is 5.92 Å². The van der Waals surface area contributed by atoms with E-state index in [1.807, 2.05) is 6.92 Å². The quantitative estimate of drug-likeness (QED) is 0.679. The average Bonchev–Trinajstić information content (AvgIpc) is 2.56. The maximum atomic E-state index is 11.9. The van der Waals surface area contributed by atoms with Crippen LogP contribution >= 0.6 is 0 Å². The number of rotatable bonds is 8. The zero-order chi connectivity index (χ0) is 17.4. The molecule has 0 heterocycles. The lowest BCUT2D eigenvalue weighted by molar-refractivity contribution is -0.140. The number of ether oxygens (including phenoxy) is 2. The molecule has 1 aromatic rings. The van der Waals surface area contributed by atoms with E-state index in [2.05, 4.69) is 10.6 Å². The van der Waals surface area contributed by atoms with Crippen molar-refractivity contribution in [2.75, 3.05) is 14.2 Å². The normalized spacial score (nSPS) is 12.9. The van der Waals surface area contributed by atoms with Gasteiger partial charge in [0.25, 0.3) is 0 Å². The Morgan fingerprint density at radius 3 is 2.48 bits per heavy atom. The largest absolute Gasteiger partial charge is 0.497 e. The summed E-state index contributed by atoms with van der Waals surface area (Å²) in [5, 5.41) is 14.3. The molecule has 2 amide bonds. The molecule has 1 rings (SSSR count). The van der Waals surface area contributed by atoms with E-state index in [-0.39, 0.29) is 12.5 Å². The van der Waals surface area contributed by atoms with Gasteiger partial charge in [0.1, 0.15) is 17.5 Å². The first kappa shape index (κ1) is 18.6. The van der Waals surface area contributed by atoms with E-state index >= 15 is 0 Å². The van der Waals surface area contributed by atoms with Crippen LogP contribution in [0.25, 0.3) is 0 Å². The molecule has 1 aromatic carbocycles. The zero-order valence-electron chi connectivity index (χ0n) is 13.9. The van der Waals surface area contributed by atoms with Crippen LogP contribution in [0.5, 0.6) is 11.5 Å². The van der Waals surface area contributed by atoms with Gasteiger partial charge in [0.2, 0.25) is 0 Å². The molecule has 0 spiro atoms. The van der Waals surface area contributed by atoms with Crippen LogP contribution in [0.2, 0.25) is 0 Å². The van der Waals surface area contributed by atoms with Crippen LogP contribution in [0.15, 0.2) is 18.2 Å². The predicted molar refractivity (Wildman–Crippen MR) is 85.8 cm³/mol. The summed E-state index contributed by atoms with van der Waals surface area (Å²) in [6.45, 7) is 3.87. The molecule has 0 unspecified atom stereocenters. The fraction of sp³-hybridized carbons (Fsp3) is 0.500. The van der Waals surface area contributed by atoms with Crippen molar-refractivity contribution in [3.8, 4) is 11.5 Å². The average molecular weight is 324 g/mol. The highest BCUT2D eigenvalue weighted by molar-refractivity contribution is 5.82. The minimum Gasteiger partial charge on any atom is -0.497 e. The van der Waals surface area contributed by atoms with Crippen LogP contribution in [-0.4, -0.2) is 37.4 Å². The number of carboxylic acid groups (broad SMARTS) is 1. The molecule has 7 nitrogen and oxygen atoms in total. The summed E-state index contributed by atoms with van der Waals surface area (Å²) in [5.41, 5.74) is 0.763. The van der Waals surface area contributed by atoms with Crippen molar-refractivity contribution >= 4 is 12.0 Å². The van der Waals surface area contributed by atoms with Crippen molar-refractivity contribution in [2.45, 2.75) is 32.9 Å². The van der Waals surface area contributed by atoms with Crippen LogP contribution in [0, 0.1) is 5.92 Å². The number of amides is 2. The van der Waals surface area contributed by atoms with Gasteiger partial charge in [0.15, 0.2) is 0 Å². The molecule has 0 fully saturated rings. The van der Waals surface area contributed by atoms with Gasteiger partial charge < -0.3 is 25.2 Å². The number of benzene rings is 1. The van der Waals surface area contributed by atoms with Crippen molar-refractivity contribution in [1.29, 1.82) is 0 Å². The van der Waals surface area contributed by atoms with Gasteiger partial charge in [-0.15, -0.1) is 0 Å². The monoisotopic (exact) mass is 324 g/mol. The highest BCUT2D eigenvalue weighted by atomic mass is 16.5. The Morgan fingerprint density at radius 1 is 1.26 bits per heavy atom. The topological polar surface area (TPSA) is 96.9 Å². The molecular formula is C16H24N2O5. The third-order valence-electron chi connectivity index (χ3n) is 3.70. The molecule has 0 aliphatic rings. The number of carboxylic acids is 1. The van der Waals surface area contributed by atoms with Crippen molar-refractivity contribution < 1.29 is 24.2 Å². The van der Waals surface area contributed by atoms with Gasteiger partial charge in [-0.05, 0) is 18.1 Å². The summed E-state index contributed by atoms with van der Waals surface area (Å²) < 4.78 is 10.4. The molecule has 3 N–H and O–H groups in total. The second kappa shape index (κ2) is 8.87. The first-order valence-electron chi connectivity index (χ1n) is 7.41. The van der Waals surface area contributed by atoms with E-state index in [0.717, 1.165) is 5.56 Å². The molecule has 0 radical (unpaired) electrons.